The summed E-state index contributed by atoms with van der Waals surface area (Å²) in [5, 5.41) is 3.24. The smallest absolute Gasteiger partial charge is 0.150 e. The van der Waals surface area contributed by atoms with Crippen molar-refractivity contribution in [3.8, 4) is 0 Å². The van der Waals surface area contributed by atoms with E-state index in [1.807, 2.05) is 0 Å². The summed E-state index contributed by atoms with van der Waals surface area (Å²) >= 11 is 5.95. The van der Waals surface area contributed by atoms with E-state index in [1.165, 1.54) is 18.4 Å². The summed E-state index contributed by atoms with van der Waals surface area (Å²) in [5.74, 6) is -0.381. The van der Waals surface area contributed by atoms with Gasteiger partial charge in [0.05, 0.1) is 16.0 Å². The molecule has 0 spiro atoms. The highest BCUT2D eigenvalue weighted by Gasteiger charge is 2.28. The molecule has 0 radical (unpaired) electrons. The highest BCUT2D eigenvalue weighted by Crippen LogP contribution is 2.29. The molecule has 1 saturated carbocycles. The minimum absolute atomic E-state index is 0.0661. The second kappa shape index (κ2) is 5.67. The summed E-state index contributed by atoms with van der Waals surface area (Å²) in [6.07, 6.45) is 4.35. The van der Waals surface area contributed by atoms with E-state index >= 15 is 0 Å². The molecule has 1 N–H and O–H groups in total. The second-order valence-corrected chi connectivity index (χ2v) is 7.82. The molecule has 0 amide bonds. The first-order valence-corrected chi connectivity index (χ1v) is 8.60. The predicted octanol–water partition coefficient (Wildman–Crippen LogP) is 3.25. The van der Waals surface area contributed by atoms with Crippen LogP contribution in [0.2, 0.25) is 5.02 Å². The molecule has 2 rings (SSSR count). The molecule has 6 heteroatoms. The molecular weight excluding hydrogens is 289 g/mol. The van der Waals surface area contributed by atoms with Crippen molar-refractivity contribution in [2.24, 2.45) is 0 Å². The largest absolute Gasteiger partial charge is 0.381 e. The Morgan fingerprint density at radius 2 is 2.11 bits per heavy atom. The van der Waals surface area contributed by atoms with Crippen molar-refractivity contribution < 1.29 is 12.8 Å². The Balaban J connectivity index is 2.07. The second-order valence-electron chi connectivity index (χ2n) is 5.08. The van der Waals surface area contributed by atoms with Gasteiger partial charge in [-0.3, -0.25) is 0 Å². The normalized spacial score (nSPS) is 24.2. The van der Waals surface area contributed by atoms with Crippen molar-refractivity contribution in [3.63, 3.8) is 0 Å². The standard InChI is InChI=1S/C13H17ClFNO2S/c1-19(17,18)11-4-2-3-10(8-11)16-13-6-5-9(15)7-12(13)14/h5-7,10-11,16H,2-4,8H2,1H3. The fraction of sp³-hybridized carbons (Fsp3) is 0.538. The molecule has 1 fully saturated rings. The topological polar surface area (TPSA) is 46.2 Å². The number of anilines is 1. The third-order valence-corrected chi connectivity index (χ3v) is 5.47. The monoisotopic (exact) mass is 305 g/mol. The number of hydrogen-bond acceptors (Lipinski definition) is 3. The van der Waals surface area contributed by atoms with E-state index in [-0.39, 0.29) is 17.1 Å². The van der Waals surface area contributed by atoms with Crippen LogP contribution in [0.3, 0.4) is 0 Å². The minimum Gasteiger partial charge on any atom is -0.381 e. The number of rotatable bonds is 3. The van der Waals surface area contributed by atoms with Gasteiger partial charge in [-0.2, -0.15) is 0 Å². The van der Waals surface area contributed by atoms with E-state index in [1.54, 1.807) is 6.07 Å². The Labute approximate surface area is 118 Å². The predicted molar refractivity (Wildman–Crippen MR) is 75.9 cm³/mol. The van der Waals surface area contributed by atoms with Crippen LogP contribution in [0.4, 0.5) is 10.1 Å². The van der Waals surface area contributed by atoms with Crippen molar-refractivity contribution in [2.75, 3.05) is 11.6 Å². The van der Waals surface area contributed by atoms with Gasteiger partial charge < -0.3 is 5.32 Å². The molecule has 1 aromatic rings. The van der Waals surface area contributed by atoms with Crippen LogP contribution < -0.4 is 5.32 Å². The lowest BCUT2D eigenvalue weighted by Crippen LogP contribution is -2.34. The van der Waals surface area contributed by atoms with Gasteiger partial charge in [-0.1, -0.05) is 18.0 Å². The minimum atomic E-state index is -3.00. The zero-order valence-corrected chi connectivity index (χ0v) is 12.3. The Morgan fingerprint density at radius 3 is 2.74 bits per heavy atom. The summed E-state index contributed by atoms with van der Waals surface area (Å²) in [7, 11) is -3.00. The van der Waals surface area contributed by atoms with Crippen molar-refractivity contribution >= 4 is 27.1 Å². The van der Waals surface area contributed by atoms with E-state index < -0.39 is 9.84 Å². The summed E-state index contributed by atoms with van der Waals surface area (Å²) in [5.41, 5.74) is 0.655. The van der Waals surface area contributed by atoms with E-state index in [9.17, 15) is 12.8 Å². The summed E-state index contributed by atoms with van der Waals surface area (Å²) in [6, 6.07) is 4.24. The molecule has 0 aromatic heterocycles. The number of nitrogens with one attached hydrogen (secondary N) is 1. The van der Waals surface area contributed by atoms with Gasteiger partial charge in [0.25, 0.3) is 0 Å². The van der Waals surface area contributed by atoms with Gasteiger partial charge in [0.1, 0.15) is 15.7 Å². The molecule has 19 heavy (non-hydrogen) atoms. The van der Waals surface area contributed by atoms with Crippen LogP contribution in [0.15, 0.2) is 18.2 Å². The molecule has 0 aliphatic heterocycles. The van der Waals surface area contributed by atoms with Gasteiger partial charge in [-0.15, -0.1) is 0 Å². The maximum Gasteiger partial charge on any atom is 0.150 e. The number of halogens is 2. The van der Waals surface area contributed by atoms with Crippen molar-refractivity contribution in [1.82, 2.24) is 0 Å². The molecule has 0 heterocycles. The SMILES string of the molecule is CS(=O)(=O)C1CCCC(Nc2ccc(F)cc2Cl)C1. The molecule has 1 aliphatic rings. The summed E-state index contributed by atoms with van der Waals surface area (Å²) < 4.78 is 36.1. The number of hydrogen-bond donors (Lipinski definition) is 1. The van der Waals surface area contributed by atoms with Crippen molar-refractivity contribution in [2.45, 2.75) is 37.0 Å². The Hall–Kier alpha value is -0.810. The first-order valence-electron chi connectivity index (χ1n) is 6.26. The zero-order chi connectivity index (χ0) is 14.0. The van der Waals surface area contributed by atoms with Crippen molar-refractivity contribution in [1.29, 1.82) is 0 Å². The van der Waals surface area contributed by atoms with Crippen LogP contribution in [0.1, 0.15) is 25.7 Å². The maximum atomic E-state index is 13.0. The molecule has 106 valence electrons. The van der Waals surface area contributed by atoms with Gasteiger partial charge in [0.15, 0.2) is 0 Å². The van der Waals surface area contributed by atoms with Gasteiger partial charge in [0.2, 0.25) is 0 Å². The van der Waals surface area contributed by atoms with Crippen LogP contribution >= 0.6 is 11.6 Å². The fourth-order valence-electron chi connectivity index (χ4n) is 2.49. The van der Waals surface area contributed by atoms with Crippen LogP contribution in [-0.2, 0) is 9.84 Å². The average Bonchev–Trinajstić information content (AvgIpc) is 2.32. The maximum absolute atomic E-state index is 13.0. The van der Waals surface area contributed by atoms with Crippen LogP contribution in [0.5, 0.6) is 0 Å². The highest BCUT2D eigenvalue weighted by molar-refractivity contribution is 7.91. The first-order chi connectivity index (χ1) is 8.86. The quantitative estimate of drug-likeness (QED) is 0.932. The van der Waals surface area contributed by atoms with Crippen LogP contribution in [0, 0.1) is 5.82 Å². The first kappa shape index (κ1) is 14.6. The van der Waals surface area contributed by atoms with Gasteiger partial charge in [0, 0.05) is 12.3 Å². The fourth-order valence-corrected chi connectivity index (χ4v) is 3.89. The Bertz CT molecular complexity index is 562. The van der Waals surface area contributed by atoms with Crippen LogP contribution in [0.25, 0.3) is 0 Å². The molecule has 1 aliphatic carbocycles. The van der Waals surface area contributed by atoms with E-state index in [0.717, 1.165) is 12.8 Å². The lowest BCUT2D eigenvalue weighted by Gasteiger charge is -2.29. The third-order valence-electron chi connectivity index (χ3n) is 3.52. The number of benzene rings is 1. The molecule has 2 atom stereocenters. The molecule has 3 nitrogen and oxygen atoms in total. The lowest BCUT2D eigenvalue weighted by molar-refractivity contribution is 0.453. The average molecular weight is 306 g/mol. The molecule has 1 aromatic carbocycles. The van der Waals surface area contributed by atoms with Crippen LogP contribution in [-0.4, -0.2) is 26.0 Å². The van der Waals surface area contributed by atoms with Gasteiger partial charge in [-0.05, 0) is 37.5 Å². The van der Waals surface area contributed by atoms with Crippen molar-refractivity contribution in [3.05, 3.63) is 29.0 Å². The lowest BCUT2D eigenvalue weighted by atomic mass is 9.95. The third kappa shape index (κ3) is 3.83. The van der Waals surface area contributed by atoms with E-state index in [2.05, 4.69) is 5.32 Å². The Morgan fingerprint density at radius 1 is 1.37 bits per heavy atom. The summed E-state index contributed by atoms with van der Waals surface area (Å²) in [6.45, 7) is 0. The molecule has 0 saturated heterocycles. The summed E-state index contributed by atoms with van der Waals surface area (Å²) in [4.78, 5) is 0. The van der Waals surface area contributed by atoms with E-state index in [4.69, 9.17) is 11.6 Å². The van der Waals surface area contributed by atoms with E-state index in [0.29, 0.717) is 23.6 Å². The van der Waals surface area contributed by atoms with Gasteiger partial charge >= 0.3 is 0 Å². The molecule has 2 unspecified atom stereocenters. The number of sulfone groups is 1. The highest BCUT2D eigenvalue weighted by atomic mass is 35.5. The van der Waals surface area contributed by atoms with Gasteiger partial charge in [-0.25, -0.2) is 12.8 Å². The molecular formula is C13H17ClFNO2S. The Kier molecular flexibility index (Phi) is 4.36. The zero-order valence-electron chi connectivity index (χ0n) is 10.7. The molecule has 0 bridgehead atoms.